The molecule has 0 bridgehead atoms. The maximum absolute atomic E-state index is 12.6. The van der Waals surface area contributed by atoms with Crippen molar-refractivity contribution in [2.24, 2.45) is 0 Å². The van der Waals surface area contributed by atoms with Crippen LogP contribution >= 0.6 is 11.9 Å². The lowest BCUT2D eigenvalue weighted by atomic mass is 10.2. The minimum absolute atomic E-state index is 0.229. The van der Waals surface area contributed by atoms with E-state index in [1.807, 2.05) is 0 Å². The molecule has 1 aromatic heterocycles. The van der Waals surface area contributed by atoms with Gasteiger partial charge in [-0.15, -0.1) is 0 Å². The van der Waals surface area contributed by atoms with Gasteiger partial charge in [0.2, 0.25) is 0 Å². The lowest BCUT2D eigenvalue weighted by Crippen LogP contribution is -2.23. The molecule has 9 heteroatoms. The molecule has 2 amide bonds. The molecule has 0 aliphatic heterocycles. The molecule has 1 heterocycles. The van der Waals surface area contributed by atoms with Crippen LogP contribution in [0.25, 0.3) is 11.0 Å². The Bertz CT molecular complexity index is 880. The topological polar surface area (TPSA) is 67.2 Å². The highest BCUT2D eigenvalue weighted by atomic mass is 32.2. The molecule has 5 nitrogen and oxygen atoms in total. The van der Waals surface area contributed by atoms with Crippen molar-refractivity contribution in [2.45, 2.75) is 11.1 Å². The van der Waals surface area contributed by atoms with Crippen LogP contribution in [0.4, 0.5) is 23.8 Å². The molecule has 0 aliphatic rings. The summed E-state index contributed by atoms with van der Waals surface area (Å²) in [6.45, 7) is 0. The summed E-state index contributed by atoms with van der Waals surface area (Å²) in [7, 11) is 0. The van der Waals surface area contributed by atoms with E-state index in [1.165, 1.54) is 12.1 Å². The van der Waals surface area contributed by atoms with Gasteiger partial charge in [-0.1, -0.05) is 23.4 Å². The van der Waals surface area contributed by atoms with Crippen molar-refractivity contribution >= 4 is 34.8 Å². The summed E-state index contributed by atoms with van der Waals surface area (Å²) in [5.41, 5.74) is -0.268. The maximum atomic E-state index is 12.6. The van der Waals surface area contributed by atoms with Crippen LogP contribution in [0.3, 0.4) is 0 Å². The highest BCUT2D eigenvalue weighted by molar-refractivity contribution is 7.98. The Balaban J connectivity index is 1.64. The second-order valence-corrected chi connectivity index (χ2v) is 5.59. The fourth-order valence-electron chi connectivity index (χ4n) is 1.95. The molecule has 0 aliphatic carbocycles. The lowest BCUT2D eigenvalue weighted by Gasteiger charge is -2.09. The molecule has 24 heavy (non-hydrogen) atoms. The summed E-state index contributed by atoms with van der Waals surface area (Å²) in [6.07, 6.45) is -4.43. The first kappa shape index (κ1) is 16.2. The molecule has 0 saturated carbocycles. The van der Waals surface area contributed by atoms with E-state index >= 15 is 0 Å². The number of para-hydroxylation sites is 1. The van der Waals surface area contributed by atoms with Gasteiger partial charge in [0.15, 0.2) is 11.4 Å². The van der Waals surface area contributed by atoms with Crippen LogP contribution in [-0.2, 0) is 6.18 Å². The van der Waals surface area contributed by atoms with Crippen molar-refractivity contribution < 1.29 is 22.5 Å². The molecule has 0 fully saturated rings. The predicted octanol–water partition coefficient (Wildman–Crippen LogP) is 4.68. The number of anilines is 1. The van der Waals surface area contributed by atoms with Gasteiger partial charge < -0.3 is 4.52 Å². The van der Waals surface area contributed by atoms with E-state index in [-0.39, 0.29) is 10.7 Å². The molecule has 0 radical (unpaired) electrons. The number of rotatable bonds is 3. The fourth-order valence-corrected chi connectivity index (χ4v) is 2.54. The van der Waals surface area contributed by atoms with Crippen LogP contribution in [-0.4, -0.2) is 11.2 Å². The number of nitrogens with zero attached hydrogens (tertiary/aromatic N) is 1. The van der Waals surface area contributed by atoms with Crippen LogP contribution in [0.5, 0.6) is 0 Å². The molecule has 0 atom stereocenters. The highest BCUT2D eigenvalue weighted by Gasteiger charge is 2.30. The van der Waals surface area contributed by atoms with Gasteiger partial charge in [0.05, 0.1) is 10.9 Å². The van der Waals surface area contributed by atoms with E-state index in [4.69, 9.17) is 4.52 Å². The number of hydrogen-bond donors (Lipinski definition) is 2. The summed E-state index contributed by atoms with van der Waals surface area (Å²) < 4.78 is 45.4. The van der Waals surface area contributed by atoms with Crippen molar-refractivity contribution in [3.8, 4) is 0 Å². The van der Waals surface area contributed by atoms with E-state index < -0.39 is 17.8 Å². The summed E-state index contributed by atoms with van der Waals surface area (Å²) >= 11 is 0.766. The second kappa shape index (κ2) is 6.44. The minimum Gasteiger partial charge on any atom is -0.354 e. The molecule has 2 aromatic carbocycles. The zero-order valence-electron chi connectivity index (χ0n) is 11.9. The van der Waals surface area contributed by atoms with E-state index in [9.17, 15) is 18.0 Å². The summed E-state index contributed by atoms with van der Waals surface area (Å²) in [4.78, 5) is 12.1. The Morgan fingerprint density at radius 2 is 1.92 bits per heavy atom. The van der Waals surface area contributed by atoms with Crippen molar-refractivity contribution in [1.82, 2.24) is 9.88 Å². The Morgan fingerprint density at radius 1 is 1.12 bits per heavy atom. The Labute approximate surface area is 138 Å². The number of hydrogen-bond acceptors (Lipinski definition) is 4. The monoisotopic (exact) mass is 353 g/mol. The van der Waals surface area contributed by atoms with Crippen LogP contribution in [0, 0.1) is 0 Å². The summed E-state index contributed by atoms with van der Waals surface area (Å²) in [5.74, 6) is 0.229. The number of aromatic nitrogens is 1. The average Bonchev–Trinajstić information content (AvgIpc) is 2.96. The van der Waals surface area contributed by atoms with Crippen LogP contribution < -0.4 is 10.0 Å². The number of alkyl halides is 3. The van der Waals surface area contributed by atoms with Gasteiger partial charge in [0.1, 0.15) is 0 Å². The zero-order valence-corrected chi connectivity index (χ0v) is 12.7. The summed E-state index contributed by atoms with van der Waals surface area (Å²) in [6, 6.07) is 11.0. The number of carbonyl (C=O) groups excluding carboxylic acids is 1. The van der Waals surface area contributed by atoms with E-state index in [2.05, 4.69) is 15.2 Å². The van der Waals surface area contributed by atoms with Gasteiger partial charge in [0, 0.05) is 4.90 Å². The molecule has 3 rings (SSSR count). The van der Waals surface area contributed by atoms with Gasteiger partial charge in [-0.05, 0) is 42.3 Å². The lowest BCUT2D eigenvalue weighted by molar-refractivity contribution is -0.137. The van der Waals surface area contributed by atoms with E-state index in [0.717, 1.165) is 24.1 Å². The average molecular weight is 353 g/mol. The standard InChI is InChI=1S/C15H10F3N3O2S/c16-15(17,18)9-4-3-5-10(8-9)24-21-14(22)19-13-11-6-1-2-7-12(11)23-20-13/h1-8H,(H2,19,20,21,22). The third-order valence-corrected chi connectivity index (χ3v) is 3.81. The smallest absolute Gasteiger partial charge is 0.354 e. The number of carbonyl (C=O) groups is 1. The first-order valence-electron chi connectivity index (χ1n) is 6.69. The van der Waals surface area contributed by atoms with Gasteiger partial charge in [0.25, 0.3) is 0 Å². The van der Waals surface area contributed by atoms with Crippen molar-refractivity contribution in [3.05, 3.63) is 54.1 Å². The van der Waals surface area contributed by atoms with E-state index in [1.54, 1.807) is 24.3 Å². The fraction of sp³-hybridized carbons (Fsp3) is 0.0667. The van der Waals surface area contributed by atoms with Gasteiger partial charge >= 0.3 is 12.2 Å². The molecule has 2 N–H and O–H groups in total. The molecule has 0 unspecified atom stereocenters. The third kappa shape index (κ3) is 3.62. The van der Waals surface area contributed by atoms with Gasteiger partial charge in [-0.25, -0.2) is 4.79 Å². The van der Waals surface area contributed by atoms with Crippen LogP contribution in [0.1, 0.15) is 5.56 Å². The molecular weight excluding hydrogens is 343 g/mol. The van der Waals surface area contributed by atoms with Crippen LogP contribution in [0.2, 0.25) is 0 Å². The first-order chi connectivity index (χ1) is 11.4. The van der Waals surface area contributed by atoms with Crippen molar-refractivity contribution in [2.75, 3.05) is 5.32 Å². The Hall–Kier alpha value is -2.68. The molecule has 0 spiro atoms. The number of nitrogens with one attached hydrogen (secondary N) is 2. The normalized spacial score (nSPS) is 11.5. The van der Waals surface area contributed by atoms with E-state index in [0.29, 0.717) is 11.0 Å². The number of benzene rings is 2. The third-order valence-electron chi connectivity index (χ3n) is 3.03. The highest BCUT2D eigenvalue weighted by Crippen LogP contribution is 2.31. The number of amides is 2. The minimum atomic E-state index is -4.43. The molecular formula is C15H10F3N3O2S. The molecule has 124 valence electrons. The largest absolute Gasteiger partial charge is 0.416 e. The number of halogens is 3. The van der Waals surface area contributed by atoms with Crippen LogP contribution in [0.15, 0.2) is 57.9 Å². The molecule has 0 saturated heterocycles. The molecule has 3 aromatic rings. The number of urea groups is 1. The summed E-state index contributed by atoms with van der Waals surface area (Å²) in [5, 5.41) is 6.84. The first-order valence-corrected chi connectivity index (χ1v) is 7.50. The Kier molecular flexibility index (Phi) is 4.34. The zero-order chi connectivity index (χ0) is 17.2. The SMILES string of the molecule is O=C(NSc1cccc(C(F)(F)F)c1)Nc1noc2ccccc12. The quantitative estimate of drug-likeness (QED) is 0.671. The van der Waals surface area contributed by atoms with Gasteiger partial charge in [-0.2, -0.15) is 13.2 Å². The Morgan fingerprint density at radius 3 is 2.71 bits per heavy atom. The van der Waals surface area contributed by atoms with Crippen molar-refractivity contribution in [1.29, 1.82) is 0 Å². The maximum Gasteiger partial charge on any atom is 0.416 e. The van der Waals surface area contributed by atoms with Gasteiger partial charge in [-0.3, -0.25) is 10.0 Å². The number of fused-ring (bicyclic) bond motifs is 1. The second-order valence-electron chi connectivity index (χ2n) is 4.71. The van der Waals surface area contributed by atoms with Crippen molar-refractivity contribution in [3.63, 3.8) is 0 Å². The predicted molar refractivity (Wildman–Crippen MR) is 83.5 cm³/mol.